The van der Waals surface area contributed by atoms with E-state index in [4.69, 9.17) is 9.72 Å². The lowest BCUT2D eigenvalue weighted by molar-refractivity contribution is -0.153. The van der Waals surface area contributed by atoms with Crippen molar-refractivity contribution in [3.8, 4) is 0 Å². The number of hydrogen-bond acceptors (Lipinski definition) is 5. The zero-order valence-electron chi connectivity index (χ0n) is 17.3. The van der Waals surface area contributed by atoms with Crippen LogP contribution in [0.3, 0.4) is 0 Å². The number of para-hydroxylation sites is 2. The van der Waals surface area contributed by atoms with E-state index in [1.54, 1.807) is 18.0 Å². The number of unbranched alkanes of at least 4 members (excludes halogenated alkanes) is 2. The molecule has 2 atom stereocenters. The molecule has 30 heavy (non-hydrogen) atoms. The van der Waals surface area contributed by atoms with E-state index in [0.717, 1.165) is 30.3 Å². The Labute approximate surface area is 175 Å². The average Bonchev–Trinajstić information content (AvgIpc) is 3.14. The number of carbonyl (C=O) groups excluding carboxylic acids is 2. The third kappa shape index (κ3) is 3.44. The number of hydrogen-bond donors (Lipinski definition) is 0. The molecule has 7 heteroatoms. The maximum atomic E-state index is 13.6. The number of amides is 1. The molecule has 0 radical (unpaired) electrons. The molecule has 0 saturated carbocycles. The molecule has 2 aromatic heterocycles. The minimum absolute atomic E-state index is 0.213. The standard InChI is InChI=1S/C23H26N4O3/c1-3-5-10-15-26-21(28)19(22(29)30-4-2)20(17-12-8-9-14-24-17)27-18-13-7-6-11-16(18)25-23(26)27/h6-9,11-14,19-20H,3-5,10,15H2,1-2H3/t19-,20-/m1/s1. The third-order valence-electron chi connectivity index (χ3n) is 5.46. The van der Waals surface area contributed by atoms with Crippen LogP contribution in [0.2, 0.25) is 0 Å². The van der Waals surface area contributed by atoms with Crippen LogP contribution in [0.4, 0.5) is 5.95 Å². The van der Waals surface area contributed by atoms with Crippen LogP contribution in [0.25, 0.3) is 11.0 Å². The number of nitrogens with zero attached hydrogens (tertiary/aromatic N) is 4. The largest absolute Gasteiger partial charge is 0.465 e. The summed E-state index contributed by atoms with van der Waals surface area (Å²) in [5.74, 6) is -1.25. The highest BCUT2D eigenvalue weighted by molar-refractivity contribution is 6.08. The number of esters is 1. The van der Waals surface area contributed by atoms with E-state index >= 15 is 0 Å². The highest BCUT2D eigenvalue weighted by Crippen LogP contribution is 2.40. The Morgan fingerprint density at radius 3 is 2.63 bits per heavy atom. The Balaban J connectivity index is 1.93. The Kier molecular flexibility index (Phi) is 5.79. The number of pyridine rings is 1. The van der Waals surface area contributed by atoms with Gasteiger partial charge in [-0.05, 0) is 37.6 Å². The maximum absolute atomic E-state index is 13.6. The van der Waals surface area contributed by atoms with E-state index in [0.29, 0.717) is 18.2 Å². The summed E-state index contributed by atoms with van der Waals surface area (Å²) in [7, 11) is 0. The highest BCUT2D eigenvalue weighted by Gasteiger charge is 2.48. The topological polar surface area (TPSA) is 77.3 Å². The first-order chi connectivity index (χ1) is 14.7. The minimum atomic E-state index is -1.01. The molecule has 0 bridgehead atoms. The predicted molar refractivity (Wildman–Crippen MR) is 114 cm³/mol. The number of ether oxygens (including phenoxy) is 1. The van der Waals surface area contributed by atoms with E-state index in [1.807, 2.05) is 47.0 Å². The summed E-state index contributed by atoms with van der Waals surface area (Å²) >= 11 is 0. The molecule has 0 aliphatic carbocycles. The zero-order chi connectivity index (χ0) is 21.1. The van der Waals surface area contributed by atoms with Crippen LogP contribution in [0.5, 0.6) is 0 Å². The van der Waals surface area contributed by atoms with Crippen molar-refractivity contribution in [3.63, 3.8) is 0 Å². The molecule has 3 heterocycles. The smallest absolute Gasteiger partial charge is 0.321 e. The van der Waals surface area contributed by atoms with Crippen LogP contribution in [0.1, 0.15) is 44.8 Å². The summed E-state index contributed by atoms with van der Waals surface area (Å²) < 4.78 is 7.31. The molecule has 0 fully saturated rings. The average molecular weight is 406 g/mol. The van der Waals surface area contributed by atoms with E-state index in [1.165, 1.54) is 0 Å². The molecule has 1 amide bonds. The van der Waals surface area contributed by atoms with Gasteiger partial charge in [0.15, 0.2) is 5.92 Å². The molecule has 4 rings (SSSR count). The van der Waals surface area contributed by atoms with Crippen molar-refractivity contribution in [1.82, 2.24) is 14.5 Å². The number of carbonyl (C=O) groups is 2. The number of fused-ring (bicyclic) bond motifs is 3. The van der Waals surface area contributed by atoms with E-state index in [9.17, 15) is 9.59 Å². The van der Waals surface area contributed by atoms with E-state index in [2.05, 4.69) is 11.9 Å². The molecule has 1 aliphatic rings. The summed E-state index contributed by atoms with van der Waals surface area (Å²) in [4.78, 5) is 37.5. The summed E-state index contributed by atoms with van der Waals surface area (Å²) in [6.45, 7) is 4.59. The van der Waals surface area contributed by atoms with E-state index < -0.39 is 17.9 Å². The fourth-order valence-corrected chi connectivity index (χ4v) is 4.09. The Morgan fingerprint density at radius 1 is 1.10 bits per heavy atom. The molecule has 0 spiro atoms. The first-order valence-electron chi connectivity index (χ1n) is 10.5. The number of imidazole rings is 1. The van der Waals surface area contributed by atoms with Crippen LogP contribution in [-0.4, -0.2) is 39.6 Å². The first kappa shape index (κ1) is 20.1. The molecule has 0 unspecified atom stereocenters. The molecule has 3 aromatic rings. The first-order valence-corrected chi connectivity index (χ1v) is 10.5. The van der Waals surface area contributed by atoms with Crippen molar-refractivity contribution in [2.45, 2.75) is 39.2 Å². The van der Waals surface area contributed by atoms with Crippen molar-refractivity contribution >= 4 is 28.9 Å². The van der Waals surface area contributed by atoms with Gasteiger partial charge in [-0.25, -0.2) is 4.98 Å². The van der Waals surface area contributed by atoms with Crippen molar-refractivity contribution in [3.05, 3.63) is 54.4 Å². The molecule has 0 saturated heterocycles. The molecule has 156 valence electrons. The molecule has 0 N–H and O–H groups in total. The van der Waals surface area contributed by atoms with Crippen LogP contribution in [0, 0.1) is 5.92 Å². The van der Waals surface area contributed by atoms with Gasteiger partial charge in [0, 0.05) is 12.7 Å². The van der Waals surface area contributed by atoms with Crippen molar-refractivity contribution in [1.29, 1.82) is 0 Å². The van der Waals surface area contributed by atoms with Crippen LogP contribution >= 0.6 is 0 Å². The highest BCUT2D eigenvalue weighted by atomic mass is 16.5. The molecule has 7 nitrogen and oxygen atoms in total. The number of aromatic nitrogens is 3. The Hall–Kier alpha value is -3.22. The van der Waals surface area contributed by atoms with Gasteiger partial charge in [-0.15, -0.1) is 0 Å². The molecule has 1 aliphatic heterocycles. The van der Waals surface area contributed by atoms with Gasteiger partial charge in [-0.2, -0.15) is 0 Å². The summed E-state index contributed by atoms with van der Waals surface area (Å²) in [5, 5.41) is 0. The van der Waals surface area contributed by atoms with Crippen molar-refractivity contribution in [2.24, 2.45) is 5.92 Å². The Morgan fingerprint density at radius 2 is 1.90 bits per heavy atom. The normalized spacial score (nSPS) is 18.5. The second-order valence-corrected chi connectivity index (χ2v) is 7.40. The van der Waals surface area contributed by atoms with Gasteiger partial charge < -0.3 is 4.74 Å². The van der Waals surface area contributed by atoms with Gasteiger partial charge in [0.1, 0.15) is 6.04 Å². The summed E-state index contributed by atoms with van der Waals surface area (Å²) in [6, 6.07) is 12.7. The quantitative estimate of drug-likeness (QED) is 0.339. The lowest BCUT2D eigenvalue weighted by Gasteiger charge is -2.37. The van der Waals surface area contributed by atoms with Crippen LogP contribution in [0.15, 0.2) is 48.7 Å². The Bertz CT molecular complexity index is 1050. The fraction of sp³-hybridized carbons (Fsp3) is 0.391. The van der Waals surface area contributed by atoms with Crippen molar-refractivity contribution in [2.75, 3.05) is 18.1 Å². The van der Waals surface area contributed by atoms with Gasteiger partial charge in [-0.3, -0.25) is 24.0 Å². The minimum Gasteiger partial charge on any atom is -0.465 e. The third-order valence-corrected chi connectivity index (χ3v) is 5.46. The van der Waals surface area contributed by atoms with Gasteiger partial charge >= 0.3 is 5.97 Å². The van der Waals surface area contributed by atoms with Gasteiger partial charge in [-0.1, -0.05) is 38.0 Å². The lowest BCUT2D eigenvalue weighted by atomic mass is 9.92. The van der Waals surface area contributed by atoms with Gasteiger partial charge in [0.25, 0.3) is 0 Å². The number of anilines is 1. The second-order valence-electron chi connectivity index (χ2n) is 7.40. The predicted octanol–water partition coefficient (Wildman–Crippen LogP) is 3.74. The lowest BCUT2D eigenvalue weighted by Crippen LogP contribution is -2.50. The monoisotopic (exact) mass is 406 g/mol. The second kappa shape index (κ2) is 8.65. The molecular formula is C23H26N4O3. The molecule has 1 aromatic carbocycles. The fourth-order valence-electron chi connectivity index (χ4n) is 4.09. The van der Waals surface area contributed by atoms with E-state index in [-0.39, 0.29) is 12.5 Å². The number of benzene rings is 1. The van der Waals surface area contributed by atoms with Gasteiger partial charge in [0.05, 0.1) is 23.3 Å². The van der Waals surface area contributed by atoms with Crippen LogP contribution < -0.4 is 4.90 Å². The van der Waals surface area contributed by atoms with Crippen LogP contribution in [-0.2, 0) is 14.3 Å². The number of rotatable bonds is 7. The maximum Gasteiger partial charge on any atom is 0.321 e. The molecular weight excluding hydrogens is 380 g/mol. The zero-order valence-corrected chi connectivity index (χ0v) is 17.3. The summed E-state index contributed by atoms with van der Waals surface area (Å²) in [5.41, 5.74) is 2.29. The van der Waals surface area contributed by atoms with Crippen molar-refractivity contribution < 1.29 is 14.3 Å². The summed E-state index contributed by atoms with van der Waals surface area (Å²) in [6.07, 6.45) is 4.55. The van der Waals surface area contributed by atoms with Gasteiger partial charge in [0.2, 0.25) is 11.9 Å². The SMILES string of the molecule is CCCCCN1C(=O)[C@H](C(=O)OCC)[C@@H](c2ccccn2)n2c1nc1ccccc12.